The van der Waals surface area contributed by atoms with Crippen LogP contribution in [0.5, 0.6) is 0 Å². The van der Waals surface area contributed by atoms with E-state index in [9.17, 15) is 4.39 Å². The molecule has 19 heavy (non-hydrogen) atoms. The minimum absolute atomic E-state index is 0.327. The maximum Gasteiger partial charge on any atom is 0.229 e. The first-order chi connectivity index (χ1) is 9.15. The minimum atomic E-state index is -0.327. The lowest BCUT2D eigenvalue weighted by Crippen LogP contribution is -2.10. The highest BCUT2D eigenvalue weighted by Crippen LogP contribution is 2.17. The van der Waals surface area contributed by atoms with E-state index in [-0.39, 0.29) is 5.82 Å². The Kier molecular flexibility index (Phi) is 4.28. The van der Waals surface area contributed by atoms with Gasteiger partial charge in [-0.2, -0.15) is 4.98 Å². The Morgan fingerprint density at radius 3 is 2.74 bits per heavy atom. The van der Waals surface area contributed by atoms with Crippen LogP contribution in [0.25, 0.3) is 0 Å². The van der Waals surface area contributed by atoms with E-state index >= 15 is 0 Å². The number of halogens is 1. The molecular formula is C14H17FN4. The molecular weight excluding hydrogens is 243 g/mol. The van der Waals surface area contributed by atoms with Crippen LogP contribution in [-0.4, -0.2) is 16.5 Å². The quantitative estimate of drug-likeness (QED) is 0.864. The van der Waals surface area contributed by atoms with Crippen LogP contribution in [0.2, 0.25) is 0 Å². The molecule has 1 aromatic carbocycles. The minimum Gasteiger partial charge on any atom is -0.370 e. The largest absolute Gasteiger partial charge is 0.370 e. The number of rotatable bonds is 5. The first-order valence-corrected chi connectivity index (χ1v) is 6.23. The summed E-state index contributed by atoms with van der Waals surface area (Å²) < 4.78 is 13.5. The van der Waals surface area contributed by atoms with Gasteiger partial charge in [-0.25, -0.2) is 9.37 Å². The molecule has 0 aliphatic rings. The van der Waals surface area contributed by atoms with Crippen molar-refractivity contribution < 1.29 is 4.39 Å². The van der Waals surface area contributed by atoms with E-state index in [0.29, 0.717) is 17.6 Å². The second kappa shape index (κ2) is 6.13. The molecule has 1 heterocycles. The predicted octanol–water partition coefficient (Wildman–Crippen LogP) is 3.43. The first kappa shape index (κ1) is 13.3. The van der Waals surface area contributed by atoms with Gasteiger partial charge in [-0.15, -0.1) is 0 Å². The summed E-state index contributed by atoms with van der Waals surface area (Å²) in [7, 11) is 0. The maximum absolute atomic E-state index is 13.5. The lowest BCUT2D eigenvalue weighted by atomic mass is 10.2. The maximum atomic E-state index is 13.5. The van der Waals surface area contributed by atoms with Crippen molar-refractivity contribution in [2.24, 2.45) is 5.92 Å². The highest BCUT2D eigenvalue weighted by atomic mass is 19.1. The molecule has 0 saturated heterocycles. The van der Waals surface area contributed by atoms with Gasteiger partial charge in [0, 0.05) is 12.7 Å². The highest BCUT2D eigenvalue weighted by Gasteiger charge is 2.04. The number of benzene rings is 1. The van der Waals surface area contributed by atoms with Crippen LogP contribution in [0.1, 0.15) is 13.8 Å². The van der Waals surface area contributed by atoms with Gasteiger partial charge in [0.15, 0.2) is 0 Å². The number of hydrogen-bond acceptors (Lipinski definition) is 4. The zero-order valence-corrected chi connectivity index (χ0v) is 11.0. The summed E-state index contributed by atoms with van der Waals surface area (Å²) in [5.74, 6) is 1.30. The standard InChI is InChI=1S/C14H17FN4/c1-10(2)9-17-13-7-8-16-14(19-13)18-12-6-4-3-5-11(12)15/h3-8,10H,9H2,1-2H3,(H2,16,17,18,19). The summed E-state index contributed by atoms with van der Waals surface area (Å²) in [6, 6.07) is 8.22. The van der Waals surface area contributed by atoms with Crippen molar-refractivity contribution >= 4 is 17.5 Å². The van der Waals surface area contributed by atoms with Crippen molar-refractivity contribution in [3.8, 4) is 0 Å². The van der Waals surface area contributed by atoms with Crippen molar-refractivity contribution in [2.75, 3.05) is 17.2 Å². The molecule has 4 nitrogen and oxygen atoms in total. The van der Waals surface area contributed by atoms with Crippen molar-refractivity contribution in [1.29, 1.82) is 0 Å². The predicted molar refractivity (Wildman–Crippen MR) is 75.0 cm³/mol. The number of nitrogens with zero attached hydrogens (tertiary/aromatic N) is 2. The van der Waals surface area contributed by atoms with E-state index in [2.05, 4.69) is 34.4 Å². The molecule has 2 aromatic rings. The molecule has 1 aromatic heterocycles. The molecule has 0 atom stereocenters. The lowest BCUT2D eigenvalue weighted by Gasteiger charge is -2.10. The fourth-order valence-corrected chi connectivity index (χ4v) is 1.51. The Morgan fingerprint density at radius 1 is 1.21 bits per heavy atom. The second-order valence-electron chi connectivity index (χ2n) is 4.65. The van der Waals surface area contributed by atoms with Gasteiger partial charge in [-0.3, -0.25) is 0 Å². The third-order valence-corrected chi connectivity index (χ3v) is 2.47. The Hall–Kier alpha value is -2.17. The highest BCUT2D eigenvalue weighted by molar-refractivity contribution is 5.55. The number of nitrogens with one attached hydrogen (secondary N) is 2. The summed E-state index contributed by atoms with van der Waals surface area (Å²) in [6.45, 7) is 5.07. The van der Waals surface area contributed by atoms with Gasteiger partial charge < -0.3 is 10.6 Å². The number of para-hydroxylation sites is 1. The lowest BCUT2D eigenvalue weighted by molar-refractivity contribution is 0.631. The third kappa shape index (κ3) is 3.91. The van der Waals surface area contributed by atoms with E-state index in [0.717, 1.165) is 12.4 Å². The fourth-order valence-electron chi connectivity index (χ4n) is 1.51. The van der Waals surface area contributed by atoms with Gasteiger partial charge in [0.2, 0.25) is 5.95 Å². The van der Waals surface area contributed by atoms with Gasteiger partial charge >= 0.3 is 0 Å². The van der Waals surface area contributed by atoms with E-state index in [1.165, 1.54) is 6.07 Å². The summed E-state index contributed by atoms with van der Waals surface area (Å²) in [6.07, 6.45) is 1.64. The van der Waals surface area contributed by atoms with E-state index in [1.807, 2.05) is 0 Å². The summed E-state index contributed by atoms with van der Waals surface area (Å²) >= 11 is 0. The Bertz CT molecular complexity index is 542. The van der Waals surface area contributed by atoms with Crippen LogP contribution >= 0.6 is 0 Å². The Balaban J connectivity index is 2.09. The molecule has 0 radical (unpaired) electrons. The normalized spacial score (nSPS) is 10.5. The number of aromatic nitrogens is 2. The molecule has 2 N–H and O–H groups in total. The average Bonchev–Trinajstić information content (AvgIpc) is 2.40. The van der Waals surface area contributed by atoms with Crippen LogP contribution in [0.15, 0.2) is 36.5 Å². The van der Waals surface area contributed by atoms with E-state index in [4.69, 9.17) is 0 Å². The molecule has 0 spiro atoms. The van der Waals surface area contributed by atoms with Crippen molar-refractivity contribution in [2.45, 2.75) is 13.8 Å². The van der Waals surface area contributed by atoms with Crippen molar-refractivity contribution in [3.05, 3.63) is 42.3 Å². The summed E-state index contributed by atoms with van der Waals surface area (Å²) in [4.78, 5) is 8.36. The van der Waals surface area contributed by atoms with Gasteiger partial charge in [0.05, 0.1) is 5.69 Å². The van der Waals surface area contributed by atoms with Gasteiger partial charge in [0.1, 0.15) is 11.6 Å². The third-order valence-electron chi connectivity index (χ3n) is 2.47. The smallest absolute Gasteiger partial charge is 0.229 e. The van der Waals surface area contributed by atoms with E-state index in [1.54, 1.807) is 30.5 Å². The van der Waals surface area contributed by atoms with Crippen molar-refractivity contribution in [1.82, 2.24) is 9.97 Å². The van der Waals surface area contributed by atoms with E-state index < -0.39 is 0 Å². The second-order valence-corrected chi connectivity index (χ2v) is 4.65. The van der Waals surface area contributed by atoms with Crippen molar-refractivity contribution in [3.63, 3.8) is 0 Å². The van der Waals surface area contributed by atoms with Crippen LogP contribution in [0.3, 0.4) is 0 Å². The van der Waals surface area contributed by atoms with Gasteiger partial charge in [-0.05, 0) is 24.1 Å². The topological polar surface area (TPSA) is 49.8 Å². The monoisotopic (exact) mass is 260 g/mol. The SMILES string of the molecule is CC(C)CNc1ccnc(Nc2ccccc2F)n1. The molecule has 0 saturated carbocycles. The first-order valence-electron chi connectivity index (χ1n) is 6.23. The van der Waals surface area contributed by atoms with Gasteiger partial charge in [-0.1, -0.05) is 26.0 Å². The molecule has 5 heteroatoms. The zero-order chi connectivity index (χ0) is 13.7. The molecule has 0 fully saturated rings. The van der Waals surface area contributed by atoms with Crippen LogP contribution < -0.4 is 10.6 Å². The fraction of sp³-hybridized carbons (Fsp3) is 0.286. The molecule has 2 rings (SSSR count). The summed E-state index contributed by atoms with van der Waals surface area (Å²) in [5.41, 5.74) is 0.364. The molecule has 0 unspecified atom stereocenters. The molecule has 100 valence electrons. The van der Waals surface area contributed by atoms with Gasteiger partial charge in [0.25, 0.3) is 0 Å². The molecule has 0 aliphatic heterocycles. The van der Waals surface area contributed by atoms with Crippen LogP contribution in [0.4, 0.5) is 21.8 Å². The Labute approximate surface area is 112 Å². The molecule has 0 aliphatic carbocycles. The molecule has 0 bridgehead atoms. The summed E-state index contributed by atoms with van der Waals surface area (Å²) in [5, 5.41) is 6.06. The molecule has 0 amide bonds. The Morgan fingerprint density at radius 2 is 2.00 bits per heavy atom. The average molecular weight is 260 g/mol. The van der Waals surface area contributed by atoms with Crippen LogP contribution in [-0.2, 0) is 0 Å². The van der Waals surface area contributed by atoms with Crippen LogP contribution in [0, 0.1) is 11.7 Å². The number of anilines is 3. The number of hydrogen-bond donors (Lipinski definition) is 2. The zero-order valence-electron chi connectivity index (χ0n) is 11.0.